The third-order valence-corrected chi connectivity index (χ3v) is 6.38. The van der Waals surface area contributed by atoms with Gasteiger partial charge in [0.25, 0.3) is 15.9 Å². The van der Waals surface area contributed by atoms with E-state index in [4.69, 9.17) is 18.9 Å². The Hall–Kier alpha value is -3.92. The van der Waals surface area contributed by atoms with Gasteiger partial charge >= 0.3 is 0 Å². The first kappa shape index (κ1) is 21.0. The maximum Gasteiger partial charge on any atom is 0.262 e. The molecule has 0 unspecified atom stereocenters. The number of hydrogen-bond acceptors (Lipinski definition) is 7. The van der Waals surface area contributed by atoms with Crippen LogP contribution in [0.3, 0.4) is 0 Å². The molecule has 10 heteroatoms. The Morgan fingerprint density at radius 2 is 1.33 bits per heavy atom. The molecule has 5 rings (SSSR count). The Balaban J connectivity index is 1.32. The number of nitrogens with one attached hydrogen (secondary N) is 2. The number of anilines is 2. The topological polar surface area (TPSA) is 112 Å². The van der Waals surface area contributed by atoms with Crippen molar-refractivity contribution in [2.45, 2.75) is 4.90 Å². The highest BCUT2D eigenvalue weighted by Gasteiger charge is 2.20. The molecule has 0 atom stereocenters. The van der Waals surface area contributed by atoms with Crippen LogP contribution < -0.4 is 29.0 Å². The molecule has 0 bridgehead atoms. The summed E-state index contributed by atoms with van der Waals surface area (Å²) in [5, 5.41) is 2.78. The normalized spacial score (nSPS) is 14.3. The van der Waals surface area contributed by atoms with Gasteiger partial charge in [0, 0.05) is 29.1 Å². The number of sulfonamides is 1. The summed E-state index contributed by atoms with van der Waals surface area (Å²) >= 11 is 0. The van der Waals surface area contributed by atoms with Crippen molar-refractivity contribution in [2.24, 2.45) is 0 Å². The zero-order chi connectivity index (χ0) is 22.8. The molecule has 33 heavy (non-hydrogen) atoms. The summed E-state index contributed by atoms with van der Waals surface area (Å²) in [6, 6.07) is 15.7. The van der Waals surface area contributed by atoms with E-state index < -0.39 is 15.9 Å². The molecule has 3 aromatic rings. The number of rotatable bonds is 5. The number of carbonyl (C=O) groups excluding carboxylic acids is 1. The Morgan fingerprint density at radius 3 is 2.06 bits per heavy atom. The summed E-state index contributed by atoms with van der Waals surface area (Å²) < 4.78 is 50.1. The van der Waals surface area contributed by atoms with Gasteiger partial charge in [0.2, 0.25) is 0 Å². The first-order chi connectivity index (χ1) is 16.0. The van der Waals surface area contributed by atoms with Crippen molar-refractivity contribution in [2.75, 3.05) is 36.5 Å². The van der Waals surface area contributed by atoms with Crippen LogP contribution in [0.4, 0.5) is 11.4 Å². The molecule has 0 fully saturated rings. The lowest BCUT2D eigenvalue weighted by molar-refractivity contribution is 0.102. The average Bonchev–Trinajstić information content (AvgIpc) is 2.83. The maximum absolute atomic E-state index is 12.9. The van der Waals surface area contributed by atoms with E-state index in [-0.39, 0.29) is 16.1 Å². The largest absolute Gasteiger partial charge is 0.486 e. The Morgan fingerprint density at radius 1 is 0.697 bits per heavy atom. The summed E-state index contributed by atoms with van der Waals surface area (Å²) in [6.07, 6.45) is 0. The van der Waals surface area contributed by atoms with E-state index in [1.165, 1.54) is 18.2 Å². The molecule has 9 nitrogen and oxygen atoms in total. The highest BCUT2D eigenvalue weighted by atomic mass is 32.2. The molecule has 0 radical (unpaired) electrons. The standard InChI is InChI=1S/C23H20N2O7S/c26-23(24-16-4-6-19-21(13-16)31-10-8-29-19)15-2-1-3-17(12-15)25-33(27,28)18-5-7-20-22(14-18)32-11-9-30-20/h1-7,12-14,25H,8-11H2,(H,24,26). The van der Waals surface area contributed by atoms with Gasteiger partial charge in [-0.2, -0.15) is 0 Å². The van der Waals surface area contributed by atoms with E-state index in [0.717, 1.165) is 0 Å². The number of ether oxygens (including phenoxy) is 4. The molecule has 1 amide bonds. The van der Waals surface area contributed by atoms with E-state index >= 15 is 0 Å². The van der Waals surface area contributed by atoms with Crippen molar-refractivity contribution in [3.05, 3.63) is 66.2 Å². The van der Waals surface area contributed by atoms with Gasteiger partial charge in [0.05, 0.1) is 4.90 Å². The number of carbonyl (C=O) groups is 1. The van der Waals surface area contributed by atoms with Crippen molar-refractivity contribution in [1.29, 1.82) is 0 Å². The van der Waals surface area contributed by atoms with Crippen LogP contribution in [0.1, 0.15) is 10.4 Å². The van der Waals surface area contributed by atoms with Gasteiger partial charge in [0.1, 0.15) is 26.4 Å². The monoisotopic (exact) mass is 468 g/mol. The van der Waals surface area contributed by atoms with E-state index in [9.17, 15) is 13.2 Å². The minimum Gasteiger partial charge on any atom is -0.486 e. The zero-order valence-corrected chi connectivity index (χ0v) is 18.2. The molecular weight excluding hydrogens is 448 g/mol. The minimum atomic E-state index is -3.91. The minimum absolute atomic E-state index is 0.0258. The van der Waals surface area contributed by atoms with Crippen LogP contribution in [-0.2, 0) is 10.0 Å². The molecule has 2 aliphatic heterocycles. The van der Waals surface area contributed by atoms with Crippen LogP contribution in [0.5, 0.6) is 23.0 Å². The second-order valence-corrected chi connectivity index (χ2v) is 8.99. The van der Waals surface area contributed by atoms with Crippen LogP contribution in [0.2, 0.25) is 0 Å². The highest BCUT2D eigenvalue weighted by Crippen LogP contribution is 2.34. The molecule has 3 aromatic carbocycles. The van der Waals surface area contributed by atoms with Gasteiger partial charge in [-0.15, -0.1) is 0 Å². The average molecular weight is 468 g/mol. The molecule has 2 heterocycles. The van der Waals surface area contributed by atoms with Crippen molar-refractivity contribution >= 4 is 27.3 Å². The van der Waals surface area contributed by atoms with Crippen molar-refractivity contribution in [3.63, 3.8) is 0 Å². The van der Waals surface area contributed by atoms with Crippen LogP contribution in [0.25, 0.3) is 0 Å². The van der Waals surface area contributed by atoms with Crippen molar-refractivity contribution in [1.82, 2.24) is 0 Å². The second-order valence-electron chi connectivity index (χ2n) is 7.30. The van der Waals surface area contributed by atoms with Crippen LogP contribution in [0.15, 0.2) is 65.6 Å². The highest BCUT2D eigenvalue weighted by molar-refractivity contribution is 7.92. The Labute approximate surface area is 190 Å². The van der Waals surface area contributed by atoms with Crippen LogP contribution in [-0.4, -0.2) is 40.8 Å². The van der Waals surface area contributed by atoms with Gasteiger partial charge in [-0.05, 0) is 42.5 Å². The number of amides is 1. The molecule has 0 aliphatic carbocycles. The third kappa shape index (κ3) is 4.51. The summed E-state index contributed by atoms with van der Waals surface area (Å²) in [6.45, 7) is 1.69. The van der Waals surface area contributed by atoms with Crippen LogP contribution in [0, 0.1) is 0 Å². The van der Waals surface area contributed by atoms with Gasteiger partial charge in [-0.1, -0.05) is 6.07 Å². The van der Waals surface area contributed by atoms with Crippen LogP contribution >= 0.6 is 0 Å². The molecule has 0 saturated heterocycles. The number of hydrogen-bond donors (Lipinski definition) is 2. The summed E-state index contributed by atoms with van der Waals surface area (Å²) in [5.74, 6) is 1.65. The lowest BCUT2D eigenvalue weighted by atomic mass is 10.2. The van der Waals surface area contributed by atoms with Gasteiger partial charge in [-0.3, -0.25) is 9.52 Å². The number of benzene rings is 3. The molecule has 0 saturated carbocycles. The maximum atomic E-state index is 12.9. The quantitative estimate of drug-likeness (QED) is 0.591. The fraction of sp³-hybridized carbons (Fsp3) is 0.174. The smallest absolute Gasteiger partial charge is 0.262 e. The Kier molecular flexibility index (Phi) is 5.43. The fourth-order valence-electron chi connectivity index (χ4n) is 3.45. The van der Waals surface area contributed by atoms with Crippen molar-refractivity contribution in [3.8, 4) is 23.0 Å². The summed E-state index contributed by atoms with van der Waals surface area (Å²) in [7, 11) is -3.91. The summed E-state index contributed by atoms with van der Waals surface area (Å²) in [5.41, 5.74) is 1.07. The molecular formula is C23H20N2O7S. The second kappa shape index (κ2) is 8.55. The first-order valence-electron chi connectivity index (χ1n) is 10.2. The van der Waals surface area contributed by atoms with E-state index in [0.29, 0.717) is 55.1 Å². The fourth-order valence-corrected chi connectivity index (χ4v) is 4.52. The van der Waals surface area contributed by atoms with Gasteiger partial charge in [0.15, 0.2) is 23.0 Å². The van der Waals surface area contributed by atoms with E-state index in [1.807, 2.05) is 0 Å². The van der Waals surface area contributed by atoms with Gasteiger partial charge in [-0.25, -0.2) is 8.42 Å². The van der Waals surface area contributed by atoms with E-state index in [2.05, 4.69) is 10.0 Å². The first-order valence-corrected chi connectivity index (χ1v) is 11.7. The SMILES string of the molecule is O=C(Nc1ccc2c(c1)OCCO2)c1cccc(NS(=O)(=O)c2ccc3c(c2)OCCO3)c1. The number of fused-ring (bicyclic) bond motifs is 2. The molecule has 170 valence electrons. The predicted octanol–water partition coefficient (Wildman–Crippen LogP) is 3.28. The van der Waals surface area contributed by atoms with Gasteiger partial charge < -0.3 is 24.3 Å². The zero-order valence-electron chi connectivity index (χ0n) is 17.4. The van der Waals surface area contributed by atoms with Crippen molar-refractivity contribution < 1.29 is 32.2 Å². The lowest BCUT2D eigenvalue weighted by Gasteiger charge is -2.19. The molecule has 2 N–H and O–H groups in total. The molecule has 0 spiro atoms. The molecule has 2 aliphatic rings. The predicted molar refractivity (Wildman–Crippen MR) is 120 cm³/mol. The third-order valence-electron chi connectivity index (χ3n) is 5.00. The summed E-state index contributed by atoms with van der Waals surface area (Å²) in [4.78, 5) is 12.8. The lowest BCUT2D eigenvalue weighted by Crippen LogP contribution is -2.18. The van der Waals surface area contributed by atoms with E-state index in [1.54, 1.807) is 42.5 Å². The Bertz CT molecular complexity index is 1320. The molecule has 0 aromatic heterocycles.